The van der Waals surface area contributed by atoms with Gasteiger partial charge in [0.1, 0.15) is 5.75 Å². The molecule has 0 atom stereocenters. The Morgan fingerprint density at radius 1 is 1.14 bits per heavy atom. The Balaban J connectivity index is 1.34. The zero-order chi connectivity index (χ0) is 25.7. The number of ether oxygens (including phenoxy) is 1. The fourth-order valence-electron chi connectivity index (χ4n) is 4.78. The molecule has 1 aliphatic rings. The summed E-state index contributed by atoms with van der Waals surface area (Å²) in [6.07, 6.45) is 5.83. The van der Waals surface area contributed by atoms with Crippen molar-refractivity contribution in [2.75, 3.05) is 33.4 Å². The fourth-order valence-corrected chi connectivity index (χ4v) is 5.02. The van der Waals surface area contributed by atoms with E-state index >= 15 is 0 Å². The standard InChI is InChI=1S/C28H28ClF3N2O2/c1-36-20-6-7-26-22(16-20)21(23(29)17-33-26)5-2-8-28(18-35)9-12-34(13-10-28)11-3-4-19-14-24(30)27(32)25(31)15-19/h6-7,14-17,35H,2,5,8-13,18H2,1H3. The zero-order valence-corrected chi connectivity index (χ0v) is 20.8. The van der Waals surface area contributed by atoms with Gasteiger partial charge in [-0.25, -0.2) is 13.2 Å². The predicted molar refractivity (Wildman–Crippen MR) is 135 cm³/mol. The second kappa shape index (κ2) is 11.5. The normalized spacial score (nSPS) is 15.5. The third kappa shape index (κ3) is 5.95. The molecule has 36 heavy (non-hydrogen) atoms. The van der Waals surface area contributed by atoms with Crippen molar-refractivity contribution in [3.63, 3.8) is 0 Å². The molecule has 0 aliphatic carbocycles. The van der Waals surface area contributed by atoms with Gasteiger partial charge < -0.3 is 9.84 Å². The lowest BCUT2D eigenvalue weighted by Crippen LogP contribution is -2.42. The van der Waals surface area contributed by atoms with Crippen LogP contribution in [0.15, 0.2) is 36.5 Å². The number of aliphatic hydroxyl groups is 1. The first kappa shape index (κ1) is 26.3. The third-order valence-corrected chi connectivity index (χ3v) is 7.37. The number of aliphatic hydroxyl groups excluding tert-OH is 1. The van der Waals surface area contributed by atoms with Crippen molar-refractivity contribution in [1.82, 2.24) is 9.88 Å². The van der Waals surface area contributed by atoms with Crippen molar-refractivity contribution in [2.45, 2.75) is 32.1 Å². The first-order valence-electron chi connectivity index (χ1n) is 11.9. The molecule has 2 aromatic carbocycles. The molecule has 0 radical (unpaired) electrons. The minimum absolute atomic E-state index is 0.105. The lowest BCUT2D eigenvalue weighted by atomic mass is 9.75. The van der Waals surface area contributed by atoms with Crippen molar-refractivity contribution in [1.29, 1.82) is 0 Å². The molecule has 4 nitrogen and oxygen atoms in total. The lowest BCUT2D eigenvalue weighted by molar-refractivity contribution is 0.0401. The average molecular weight is 517 g/mol. The zero-order valence-electron chi connectivity index (χ0n) is 20.1. The van der Waals surface area contributed by atoms with Gasteiger partial charge in [0.2, 0.25) is 0 Å². The first-order valence-corrected chi connectivity index (χ1v) is 12.3. The van der Waals surface area contributed by atoms with Gasteiger partial charge in [-0.15, -0.1) is 0 Å². The number of likely N-dealkylation sites (tertiary alicyclic amines) is 1. The van der Waals surface area contributed by atoms with Crippen LogP contribution in [0.4, 0.5) is 13.2 Å². The Morgan fingerprint density at radius 3 is 2.53 bits per heavy atom. The molecule has 190 valence electrons. The Morgan fingerprint density at radius 2 is 1.86 bits per heavy atom. The number of methoxy groups -OCH3 is 1. The summed E-state index contributed by atoms with van der Waals surface area (Å²) >= 11 is 6.49. The SMILES string of the molecule is COc1ccc2ncc(Cl)c(CCCC3(CO)CCN(CC#Cc4cc(F)c(F)c(F)c4)CC3)c2c1. The molecule has 1 fully saturated rings. The van der Waals surface area contributed by atoms with Crippen molar-refractivity contribution in [3.8, 4) is 17.6 Å². The molecule has 1 aliphatic heterocycles. The van der Waals surface area contributed by atoms with E-state index in [0.717, 1.165) is 79.5 Å². The number of pyridine rings is 1. The van der Waals surface area contributed by atoms with E-state index < -0.39 is 17.5 Å². The van der Waals surface area contributed by atoms with Gasteiger partial charge in [-0.3, -0.25) is 9.88 Å². The van der Waals surface area contributed by atoms with Gasteiger partial charge in [-0.1, -0.05) is 23.4 Å². The summed E-state index contributed by atoms with van der Waals surface area (Å²) in [7, 11) is 1.63. The first-order chi connectivity index (χ1) is 17.3. The molecule has 8 heteroatoms. The summed E-state index contributed by atoms with van der Waals surface area (Å²) in [5, 5.41) is 11.8. The second-order valence-electron chi connectivity index (χ2n) is 9.31. The highest BCUT2D eigenvalue weighted by atomic mass is 35.5. The van der Waals surface area contributed by atoms with Gasteiger partial charge in [-0.05, 0) is 86.5 Å². The van der Waals surface area contributed by atoms with Crippen LogP contribution in [0.2, 0.25) is 5.02 Å². The maximum atomic E-state index is 13.4. The Kier molecular flexibility index (Phi) is 8.40. The van der Waals surface area contributed by atoms with E-state index in [1.807, 2.05) is 18.2 Å². The molecule has 0 spiro atoms. The number of hydrogen-bond donors (Lipinski definition) is 1. The van der Waals surface area contributed by atoms with Crippen LogP contribution < -0.4 is 4.74 Å². The maximum absolute atomic E-state index is 13.4. The van der Waals surface area contributed by atoms with E-state index in [0.29, 0.717) is 11.6 Å². The van der Waals surface area contributed by atoms with E-state index in [1.54, 1.807) is 13.3 Å². The van der Waals surface area contributed by atoms with Crippen LogP contribution >= 0.6 is 11.6 Å². The molecule has 4 rings (SSSR count). The quantitative estimate of drug-likeness (QED) is 0.320. The number of benzene rings is 2. The summed E-state index contributed by atoms with van der Waals surface area (Å²) in [4.78, 5) is 6.56. The van der Waals surface area contributed by atoms with Crippen LogP contribution in [0.3, 0.4) is 0 Å². The third-order valence-electron chi connectivity index (χ3n) is 7.04. The smallest absolute Gasteiger partial charge is 0.194 e. The Bertz CT molecular complexity index is 1270. The number of hydrogen-bond acceptors (Lipinski definition) is 4. The largest absolute Gasteiger partial charge is 0.497 e. The van der Waals surface area contributed by atoms with E-state index in [-0.39, 0.29) is 17.6 Å². The van der Waals surface area contributed by atoms with Crippen LogP contribution in [-0.2, 0) is 6.42 Å². The molecule has 1 N–H and O–H groups in total. The molecule has 1 saturated heterocycles. The van der Waals surface area contributed by atoms with Crippen LogP contribution in [0.5, 0.6) is 5.75 Å². The van der Waals surface area contributed by atoms with Crippen molar-refractivity contribution < 1.29 is 23.0 Å². The van der Waals surface area contributed by atoms with Gasteiger partial charge in [0.25, 0.3) is 0 Å². The molecular weight excluding hydrogens is 489 g/mol. The molecule has 3 aromatic rings. The van der Waals surface area contributed by atoms with Gasteiger partial charge in [0.05, 0.1) is 24.2 Å². The molecule has 1 aromatic heterocycles. The number of aromatic nitrogens is 1. The van der Waals surface area contributed by atoms with Gasteiger partial charge >= 0.3 is 0 Å². The fraction of sp³-hybridized carbons (Fsp3) is 0.393. The van der Waals surface area contributed by atoms with Crippen LogP contribution in [0.1, 0.15) is 36.8 Å². The number of nitrogens with zero attached hydrogens (tertiary/aromatic N) is 2. The van der Waals surface area contributed by atoms with Gasteiger partial charge in [0, 0.05) is 23.8 Å². The van der Waals surface area contributed by atoms with E-state index in [9.17, 15) is 18.3 Å². The molecule has 0 unspecified atom stereocenters. The number of rotatable bonds is 7. The Labute approximate surface area is 214 Å². The van der Waals surface area contributed by atoms with Crippen LogP contribution in [0, 0.1) is 34.7 Å². The summed E-state index contributed by atoms with van der Waals surface area (Å²) in [6, 6.07) is 7.55. The topological polar surface area (TPSA) is 45.6 Å². The van der Waals surface area contributed by atoms with Gasteiger partial charge in [0.15, 0.2) is 17.5 Å². The monoisotopic (exact) mass is 516 g/mol. The summed E-state index contributed by atoms with van der Waals surface area (Å²) in [5.74, 6) is 2.39. The molecule has 0 saturated carbocycles. The van der Waals surface area contributed by atoms with Crippen molar-refractivity contribution in [2.24, 2.45) is 5.41 Å². The number of fused-ring (bicyclic) bond motifs is 1. The lowest BCUT2D eigenvalue weighted by Gasteiger charge is -2.40. The minimum Gasteiger partial charge on any atom is -0.497 e. The molecule has 0 amide bonds. The predicted octanol–water partition coefficient (Wildman–Crippen LogP) is 5.76. The summed E-state index contributed by atoms with van der Waals surface area (Å²) in [5.41, 5.74) is 1.84. The second-order valence-corrected chi connectivity index (χ2v) is 9.72. The molecule has 2 heterocycles. The maximum Gasteiger partial charge on any atom is 0.194 e. The number of halogens is 4. The van der Waals surface area contributed by atoms with Crippen LogP contribution in [0.25, 0.3) is 10.9 Å². The van der Waals surface area contributed by atoms with E-state index in [1.165, 1.54) is 0 Å². The number of piperidine rings is 1. The average Bonchev–Trinajstić information content (AvgIpc) is 2.89. The van der Waals surface area contributed by atoms with E-state index in [4.69, 9.17) is 16.3 Å². The number of aryl methyl sites for hydroxylation is 1. The van der Waals surface area contributed by atoms with Crippen LogP contribution in [-0.4, -0.2) is 48.3 Å². The van der Waals surface area contributed by atoms with Crippen molar-refractivity contribution >= 4 is 22.5 Å². The van der Waals surface area contributed by atoms with E-state index in [2.05, 4.69) is 21.7 Å². The Hall–Kier alpha value is -2.79. The minimum atomic E-state index is -1.49. The summed E-state index contributed by atoms with van der Waals surface area (Å²) in [6.45, 7) is 2.07. The molecular formula is C28H28ClF3N2O2. The molecule has 0 bridgehead atoms. The van der Waals surface area contributed by atoms with Crippen molar-refractivity contribution in [3.05, 3.63) is 70.1 Å². The highest BCUT2D eigenvalue weighted by molar-refractivity contribution is 6.32. The highest BCUT2D eigenvalue weighted by Gasteiger charge is 2.33. The van der Waals surface area contributed by atoms with Gasteiger partial charge in [-0.2, -0.15) is 0 Å². The highest BCUT2D eigenvalue weighted by Crippen LogP contribution is 2.37. The summed E-state index contributed by atoms with van der Waals surface area (Å²) < 4.78 is 45.2.